The molecule has 22 heavy (non-hydrogen) atoms. The molecule has 0 spiro atoms. The molecular formula is C18H29N3O. The molecule has 0 bridgehead atoms. The zero-order valence-corrected chi connectivity index (χ0v) is 13.5. The predicted molar refractivity (Wildman–Crippen MR) is 93.9 cm³/mol. The van der Waals surface area contributed by atoms with Gasteiger partial charge < -0.3 is 21.5 Å². The van der Waals surface area contributed by atoms with E-state index in [9.17, 15) is 0 Å². The number of allylic oxidation sites excluding steroid dienone is 5. The molecule has 122 valence electrons. The average molecular weight is 303 g/mol. The highest BCUT2D eigenvalue weighted by atomic mass is 16.2. The molecule has 2 aliphatic rings. The Balaban J connectivity index is 0.00000116. The third-order valence-corrected chi connectivity index (χ3v) is 3.96. The first kappa shape index (κ1) is 18.3. The molecule has 1 atom stereocenters. The summed E-state index contributed by atoms with van der Waals surface area (Å²) in [7, 11) is 1.00. The van der Waals surface area contributed by atoms with Crippen molar-refractivity contribution in [2.45, 2.75) is 19.3 Å². The van der Waals surface area contributed by atoms with Crippen LogP contribution in [0.3, 0.4) is 0 Å². The van der Waals surface area contributed by atoms with E-state index in [1.165, 1.54) is 5.57 Å². The molecule has 0 aromatic carbocycles. The largest absolute Gasteiger partial charge is 0.400 e. The molecule has 5 N–H and O–H groups in total. The summed E-state index contributed by atoms with van der Waals surface area (Å²) in [4.78, 5) is 2.53. The van der Waals surface area contributed by atoms with E-state index >= 15 is 0 Å². The molecule has 0 saturated carbocycles. The van der Waals surface area contributed by atoms with Gasteiger partial charge in [0.1, 0.15) is 0 Å². The van der Waals surface area contributed by atoms with E-state index in [4.69, 9.17) is 16.6 Å². The smallest absolute Gasteiger partial charge is 0.0507 e. The summed E-state index contributed by atoms with van der Waals surface area (Å²) >= 11 is 0. The number of nitrogens with two attached hydrogens (primary N) is 2. The number of nitrogens with zero attached hydrogens (tertiary/aromatic N) is 1. The first-order chi connectivity index (χ1) is 10.7. The highest BCUT2D eigenvalue weighted by Gasteiger charge is 2.18. The molecule has 0 aromatic heterocycles. The van der Waals surface area contributed by atoms with Gasteiger partial charge in [0, 0.05) is 26.7 Å². The maximum Gasteiger partial charge on any atom is 0.0507 e. The molecular weight excluding hydrogens is 274 g/mol. The molecule has 4 nitrogen and oxygen atoms in total. The van der Waals surface area contributed by atoms with Crippen LogP contribution in [0.2, 0.25) is 0 Å². The van der Waals surface area contributed by atoms with Crippen molar-refractivity contribution >= 4 is 0 Å². The van der Waals surface area contributed by atoms with Crippen LogP contribution in [0.5, 0.6) is 0 Å². The van der Waals surface area contributed by atoms with Crippen molar-refractivity contribution in [3.05, 3.63) is 60.0 Å². The predicted octanol–water partition coefficient (Wildman–Crippen LogP) is 2.06. The number of hydrogen-bond donors (Lipinski definition) is 3. The second-order valence-corrected chi connectivity index (χ2v) is 5.52. The highest BCUT2D eigenvalue weighted by molar-refractivity contribution is 5.29. The van der Waals surface area contributed by atoms with Crippen LogP contribution >= 0.6 is 0 Å². The Morgan fingerprint density at radius 1 is 1.23 bits per heavy atom. The summed E-state index contributed by atoms with van der Waals surface area (Å²) in [5, 5.41) is 7.00. The summed E-state index contributed by atoms with van der Waals surface area (Å²) in [5.41, 5.74) is 14.7. The molecule has 1 saturated heterocycles. The van der Waals surface area contributed by atoms with Crippen LogP contribution in [0.4, 0.5) is 0 Å². The fourth-order valence-electron chi connectivity index (χ4n) is 2.73. The molecule has 1 aliphatic carbocycles. The van der Waals surface area contributed by atoms with Gasteiger partial charge in [0.25, 0.3) is 0 Å². The zero-order chi connectivity index (χ0) is 16.4. The Morgan fingerprint density at radius 3 is 2.50 bits per heavy atom. The van der Waals surface area contributed by atoms with Gasteiger partial charge >= 0.3 is 0 Å². The maximum absolute atomic E-state index is 7.00. The monoisotopic (exact) mass is 303 g/mol. The highest BCUT2D eigenvalue weighted by Crippen LogP contribution is 2.22. The summed E-state index contributed by atoms with van der Waals surface area (Å²) in [6.07, 6.45) is 15.6. The molecule has 1 aliphatic heterocycles. The van der Waals surface area contributed by atoms with Gasteiger partial charge in [-0.1, -0.05) is 48.6 Å². The average Bonchev–Trinajstić information content (AvgIpc) is 2.55. The van der Waals surface area contributed by atoms with Crippen LogP contribution in [0.1, 0.15) is 19.3 Å². The number of likely N-dealkylation sites (tertiary alicyclic amines) is 1. The third-order valence-electron chi connectivity index (χ3n) is 3.96. The molecule has 1 unspecified atom stereocenters. The molecule has 2 rings (SSSR count). The quantitative estimate of drug-likeness (QED) is 0.695. The summed E-state index contributed by atoms with van der Waals surface area (Å²) in [6, 6.07) is 0. The van der Waals surface area contributed by atoms with E-state index in [0.717, 1.165) is 57.4 Å². The second kappa shape index (κ2) is 10.0. The van der Waals surface area contributed by atoms with E-state index < -0.39 is 0 Å². The number of aliphatic hydroxyl groups is 1. The van der Waals surface area contributed by atoms with Crippen molar-refractivity contribution in [1.29, 1.82) is 0 Å². The third kappa shape index (κ3) is 5.92. The lowest BCUT2D eigenvalue weighted by molar-refractivity contribution is 0.232. The van der Waals surface area contributed by atoms with Gasteiger partial charge in [-0.25, -0.2) is 0 Å². The van der Waals surface area contributed by atoms with E-state index in [2.05, 4.69) is 35.8 Å². The van der Waals surface area contributed by atoms with Crippen LogP contribution in [0.25, 0.3) is 0 Å². The molecule has 4 heteroatoms. The zero-order valence-electron chi connectivity index (χ0n) is 13.5. The molecule has 1 heterocycles. The lowest BCUT2D eigenvalue weighted by Crippen LogP contribution is -2.35. The standard InChI is InChI=1S/C17H25N3.CH4O/c1-2-3-4-5-14-8-10-20(11-9-14)13-15-6-7-16(18)17(19)12-15;1-2/h2-5,7,12,15H,1,6,8-11,13,18-19H2;2H,1H3/b4-3-;. The van der Waals surface area contributed by atoms with Crippen LogP contribution in [-0.4, -0.2) is 36.8 Å². The van der Waals surface area contributed by atoms with E-state index in [1.54, 1.807) is 0 Å². The number of piperidine rings is 1. The molecule has 0 amide bonds. The fourth-order valence-corrected chi connectivity index (χ4v) is 2.73. The summed E-state index contributed by atoms with van der Waals surface area (Å²) in [6.45, 7) is 7.03. The normalized spacial score (nSPS) is 22.5. The van der Waals surface area contributed by atoms with Crippen LogP contribution < -0.4 is 11.5 Å². The molecule has 1 fully saturated rings. The number of aliphatic hydroxyl groups excluding tert-OH is 1. The van der Waals surface area contributed by atoms with Gasteiger partial charge in [0.15, 0.2) is 0 Å². The maximum atomic E-state index is 7.00. The van der Waals surface area contributed by atoms with Crippen molar-refractivity contribution in [2.24, 2.45) is 17.4 Å². The van der Waals surface area contributed by atoms with Crippen molar-refractivity contribution in [3.8, 4) is 0 Å². The van der Waals surface area contributed by atoms with Crippen molar-refractivity contribution < 1.29 is 5.11 Å². The van der Waals surface area contributed by atoms with Gasteiger partial charge in [-0.3, -0.25) is 0 Å². The van der Waals surface area contributed by atoms with Gasteiger partial charge in [-0.15, -0.1) is 0 Å². The lowest BCUT2D eigenvalue weighted by Gasteiger charge is -2.31. The Kier molecular flexibility index (Phi) is 8.33. The van der Waals surface area contributed by atoms with Crippen LogP contribution in [0, 0.1) is 5.92 Å². The van der Waals surface area contributed by atoms with E-state index in [-0.39, 0.29) is 0 Å². The Bertz CT molecular complexity index is 465. The Hall–Kier alpha value is -1.78. The van der Waals surface area contributed by atoms with Gasteiger partial charge in [0.05, 0.1) is 11.4 Å². The first-order valence-corrected chi connectivity index (χ1v) is 7.76. The minimum absolute atomic E-state index is 0.508. The van der Waals surface area contributed by atoms with Gasteiger partial charge in [0.2, 0.25) is 0 Å². The first-order valence-electron chi connectivity index (χ1n) is 7.76. The summed E-state index contributed by atoms with van der Waals surface area (Å²) in [5.74, 6) is 0.508. The van der Waals surface area contributed by atoms with Gasteiger partial charge in [-0.05, 0) is 25.2 Å². The molecule has 0 radical (unpaired) electrons. The lowest BCUT2D eigenvalue weighted by atomic mass is 9.95. The fraction of sp³-hybridized carbons (Fsp3) is 0.444. The van der Waals surface area contributed by atoms with Crippen molar-refractivity contribution in [2.75, 3.05) is 26.7 Å². The summed E-state index contributed by atoms with van der Waals surface area (Å²) < 4.78 is 0. The van der Waals surface area contributed by atoms with Crippen molar-refractivity contribution in [1.82, 2.24) is 4.90 Å². The number of rotatable bonds is 4. The van der Waals surface area contributed by atoms with Gasteiger partial charge in [-0.2, -0.15) is 0 Å². The van der Waals surface area contributed by atoms with Crippen molar-refractivity contribution in [3.63, 3.8) is 0 Å². The van der Waals surface area contributed by atoms with E-state index in [0.29, 0.717) is 5.92 Å². The van der Waals surface area contributed by atoms with Crippen LogP contribution in [-0.2, 0) is 0 Å². The minimum Gasteiger partial charge on any atom is -0.400 e. The minimum atomic E-state index is 0.508. The second-order valence-electron chi connectivity index (χ2n) is 5.52. The Morgan fingerprint density at radius 2 is 1.91 bits per heavy atom. The van der Waals surface area contributed by atoms with Crippen LogP contribution in [0.15, 0.2) is 60.0 Å². The van der Waals surface area contributed by atoms with E-state index in [1.807, 2.05) is 12.2 Å². The molecule has 0 aromatic rings. The number of hydrogen-bond acceptors (Lipinski definition) is 4. The topological polar surface area (TPSA) is 75.5 Å². The Labute approximate surface area is 134 Å². The SMILES string of the molecule is C=C/C=C\C=C1CCN(CC2C=C(N)C(N)=CC2)CC1.CO.